The Labute approximate surface area is 160 Å². The molecule has 0 spiro atoms. The number of benzene rings is 1. The number of anilines is 1. The zero-order valence-electron chi connectivity index (χ0n) is 16.1. The molecule has 0 aromatic heterocycles. The molecule has 3 aliphatic rings. The van der Waals surface area contributed by atoms with E-state index < -0.39 is 0 Å². The molecule has 2 aliphatic heterocycles. The van der Waals surface area contributed by atoms with E-state index >= 15 is 0 Å². The monoisotopic (exact) mass is 372 g/mol. The smallest absolute Gasteiger partial charge is 0.228 e. The van der Waals surface area contributed by atoms with Crippen LogP contribution in [0.1, 0.15) is 46.0 Å². The lowest BCUT2D eigenvalue weighted by Crippen LogP contribution is -2.45. The van der Waals surface area contributed by atoms with Crippen molar-refractivity contribution in [3.63, 3.8) is 0 Å². The van der Waals surface area contributed by atoms with E-state index in [1.807, 2.05) is 18.2 Å². The highest BCUT2D eigenvalue weighted by Gasteiger charge is 2.43. The van der Waals surface area contributed by atoms with Crippen LogP contribution < -0.4 is 14.4 Å². The average molecular weight is 372 g/mol. The maximum absolute atomic E-state index is 13.2. The summed E-state index contributed by atoms with van der Waals surface area (Å²) in [6.07, 6.45) is 4.40. The summed E-state index contributed by atoms with van der Waals surface area (Å²) in [6.45, 7) is 5.77. The van der Waals surface area contributed by atoms with Crippen molar-refractivity contribution in [2.75, 3.05) is 24.7 Å². The van der Waals surface area contributed by atoms with Gasteiger partial charge >= 0.3 is 0 Å². The van der Waals surface area contributed by atoms with Crippen LogP contribution in [0.5, 0.6) is 11.5 Å². The van der Waals surface area contributed by atoms with Gasteiger partial charge in [0.15, 0.2) is 11.5 Å². The summed E-state index contributed by atoms with van der Waals surface area (Å²) in [7, 11) is 0. The Balaban J connectivity index is 1.51. The van der Waals surface area contributed by atoms with Gasteiger partial charge in [-0.3, -0.25) is 9.59 Å². The summed E-state index contributed by atoms with van der Waals surface area (Å²) in [5.41, 5.74) is 0.778. The number of hydrogen-bond donors (Lipinski definition) is 0. The van der Waals surface area contributed by atoms with Gasteiger partial charge in [0, 0.05) is 36.8 Å². The number of ether oxygens (including phenoxy) is 2. The van der Waals surface area contributed by atoms with Gasteiger partial charge < -0.3 is 19.3 Å². The third-order valence-corrected chi connectivity index (χ3v) is 5.84. The van der Waals surface area contributed by atoms with Crippen molar-refractivity contribution in [3.05, 3.63) is 18.2 Å². The molecule has 6 heteroatoms. The molecule has 0 N–H and O–H groups in total. The van der Waals surface area contributed by atoms with Gasteiger partial charge in [0.25, 0.3) is 0 Å². The number of nitrogens with zero attached hydrogens (tertiary/aromatic N) is 2. The highest BCUT2D eigenvalue weighted by molar-refractivity contribution is 6.00. The summed E-state index contributed by atoms with van der Waals surface area (Å²) in [4.78, 5) is 29.7. The van der Waals surface area contributed by atoms with Crippen LogP contribution in [-0.4, -0.2) is 48.6 Å². The van der Waals surface area contributed by atoms with Crippen molar-refractivity contribution < 1.29 is 19.1 Å². The highest BCUT2D eigenvalue weighted by atomic mass is 16.6. The zero-order chi connectivity index (χ0) is 19.0. The second kappa shape index (κ2) is 7.41. The SMILES string of the molecule is CCC(CC)N(C(=O)C1CC(=O)N(c2ccc3c(c2)OCCO3)C1)C1CC1. The van der Waals surface area contributed by atoms with Crippen LogP contribution in [0.15, 0.2) is 18.2 Å². The van der Waals surface area contributed by atoms with Crippen LogP contribution >= 0.6 is 0 Å². The standard InChI is InChI=1S/C21H28N2O4/c1-3-15(4-2)23(16-5-6-16)21(25)14-11-20(24)22(13-14)17-7-8-18-19(12-17)27-10-9-26-18/h7-8,12,14-16H,3-6,9-11,13H2,1-2H3. The van der Waals surface area contributed by atoms with Crippen LogP contribution in [0.4, 0.5) is 5.69 Å². The molecule has 0 bridgehead atoms. The summed E-state index contributed by atoms with van der Waals surface area (Å²) < 4.78 is 11.2. The largest absolute Gasteiger partial charge is 0.486 e. The van der Waals surface area contributed by atoms with Gasteiger partial charge in [-0.25, -0.2) is 0 Å². The molecule has 146 valence electrons. The van der Waals surface area contributed by atoms with Crippen LogP contribution in [-0.2, 0) is 9.59 Å². The van der Waals surface area contributed by atoms with Gasteiger partial charge in [0.1, 0.15) is 13.2 Å². The first-order valence-electron chi connectivity index (χ1n) is 10.1. The molecular formula is C21H28N2O4. The fourth-order valence-electron chi connectivity index (χ4n) is 4.23. The van der Waals surface area contributed by atoms with Gasteiger partial charge in [0.05, 0.1) is 5.92 Å². The Morgan fingerprint density at radius 2 is 1.89 bits per heavy atom. The molecule has 1 atom stereocenters. The predicted molar refractivity (Wildman–Crippen MR) is 102 cm³/mol. The molecule has 1 aromatic carbocycles. The number of fused-ring (bicyclic) bond motifs is 1. The molecule has 1 saturated carbocycles. The lowest BCUT2D eigenvalue weighted by atomic mass is 10.0. The molecule has 27 heavy (non-hydrogen) atoms. The summed E-state index contributed by atoms with van der Waals surface area (Å²) in [5, 5.41) is 0. The maximum Gasteiger partial charge on any atom is 0.228 e. The number of carbonyl (C=O) groups excluding carboxylic acids is 2. The van der Waals surface area contributed by atoms with E-state index in [0.717, 1.165) is 31.4 Å². The Bertz CT molecular complexity index is 727. The van der Waals surface area contributed by atoms with Crippen molar-refractivity contribution >= 4 is 17.5 Å². The summed E-state index contributed by atoms with van der Waals surface area (Å²) in [6, 6.07) is 6.22. The van der Waals surface area contributed by atoms with Gasteiger partial charge in [-0.2, -0.15) is 0 Å². The van der Waals surface area contributed by atoms with Crippen molar-refractivity contribution in [2.45, 2.75) is 58.0 Å². The van der Waals surface area contributed by atoms with Gasteiger partial charge in [-0.05, 0) is 37.8 Å². The number of carbonyl (C=O) groups is 2. The van der Waals surface area contributed by atoms with E-state index in [4.69, 9.17) is 9.47 Å². The molecule has 2 heterocycles. The third-order valence-electron chi connectivity index (χ3n) is 5.84. The molecule has 2 fully saturated rings. The molecule has 1 aliphatic carbocycles. The first-order chi connectivity index (χ1) is 13.1. The summed E-state index contributed by atoms with van der Waals surface area (Å²) >= 11 is 0. The molecule has 1 unspecified atom stereocenters. The van der Waals surface area contributed by atoms with Crippen LogP contribution in [0.3, 0.4) is 0 Å². The van der Waals surface area contributed by atoms with Crippen LogP contribution in [0.25, 0.3) is 0 Å². The highest BCUT2D eigenvalue weighted by Crippen LogP contribution is 2.37. The first kappa shape index (κ1) is 18.1. The Kier molecular flexibility index (Phi) is 4.98. The quantitative estimate of drug-likeness (QED) is 0.770. The molecular weight excluding hydrogens is 344 g/mol. The second-order valence-electron chi connectivity index (χ2n) is 7.68. The van der Waals surface area contributed by atoms with Crippen molar-refractivity contribution in [1.82, 2.24) is 4.90 Å². The van der Waals surface area contributed by atoms with E-state index in [1.165, 1.54) is 0 Å². The summed E-state index contributed by atoms with van der Waals surface area (Å²) in [5.74, 6) is 1.27. The lowest BCUT2D eigenvalue weighted by molar-refractivity contribution is -0.139. The maximum atomic E-state index is 13.2. The van der Waals surface area contributed by atoms with Crippen molar-refractivity contribution in [3.8, 4) is 11.5 Å². The minimum absolute atomic E-state index is 0.00493. The fraction of sp³-hybridized carbons (Fsp3) is 0.619. The van der Waals surface area contributed by atoms with Gasteiger partial charge in [-0.1, -0.05) is 13.8 Å². The van der Waals surface area contributed by atoms with E-state index in [9.17, 15) is 9.59 Å². The van der Waals surface area contributed by atoms with Crippen LogP contribution in [0.2, 0.25) is 0 Å². The molecule has 1 aromatic rings. The minimum atomic E-state index is -0.257. The predicted octanol–water partition coefficient (Wildman–Crippen LogP) is 2.99. The van der Waals surface area contributed by atoms with E-state index in [1.54, 1.807) is 4.90 Å². The fourth-order valence-corrected chi connectivity index (χ4v) is 4.23. The third kappa shape index (κ3) is 3.49. The van der Waals surface area contributed by atoms with Crippen LogP contribution in [0, 0.1) is 5.92 Å². The van der Waals surface area contributed by atoms with E-state index in [0.29, 0.717) is 37.3 Å². The van der Waals surface area contributed by atoms with E-state index in [2.05, 4.69) is 18.7 Å². The van der Waals surface area contributed by atoms with Crippen molar-refractivity contribution in [2.24, 2.45) is 5.92 Å². The Hall–Kier alpha value is -2.24. The lowest BCUT2D eigenvalue weighted by Gasteiger charge is -2.32. The second-order valence-corrected chi connectivity index (χ2v) is 7.68. The zero-order valence-corrected chi connectivity index (χ0v) is 16.1. The van der Waals surface area contributed by atoms with Crippen molar-refractivity contribution in [1.29, 1.82) is 0 Å². The average Bonchev–Trinajstić information content (AvgIpc) is 3.45. The molecule has 6 nitrogen and oxygen atoms in total. The Morgan fingerprint density at radius 1 is 1.19 bits per heavy atom. The Morgan fingerprint density at radius 3 is 2.56 bits per heavy atom. The van der Waals surface area contributed by atoms with Gasteiger partial charge in [-0.15, -0.1) is 0 Å². The number of rotatable bonds is 6. The topological polar surface area (TPSA) is 59.1 Å². The minimum Gasteiger partial charge on any atom is -0.486 e. The molecule has 0 radical (unpaired) electrons. The molecule has 1 saturated heterocycles. The number of hydrogen-bond acceptors (Lipinski definition) is 4. The van der Waals surface area contributed by atoms with Gasteiger partial charge in [0.2, 0.25) is 11.8 Å². The first-order valence-corrected chi connectivity index (χ1v) is 10.1. The molecule has 2 amide bonds. The normalized spacial score (nSPS) is 21.7. The van der Waals surface area contributed by atoms with E-state index in [-0.39, 0.29) is 30.2 Å². The molecule has 4 rings (SSSR count). The number of amides is 2.